The van der Waals surface area contributed by atoms with Crippen LogP contribution in [0.25, 0.3) is 0 Å². The van der Waals surface area contributed by atoms with Crippen LogP contribution in [0.1, 0.15) is 59.3 Å². The number of likely N-dealkylation sites (tertiary alicyclic amines) is 1. The van der Waals surface area contributed by atoms with Crippen LogP contribution in [0.2, 0.25) is 0 Å². The van der Waals surface area contributed by atoms with Crippen molar-refractivity contribution in [1.82, 2.24) is 14.7 Å². The number of nitrogens with zero attached hydrogens (tertiary/aromatic N) is 3. The Morgan fingerprint density at radius 2 is 1.61 bits per heavy atom. The van der Waals surface area contributed by atoms with Gasteiger partial charge in [0.25, 0.3) is 0 Å². The van der Waals surface area contributed by atoms with Crippen molar-refractivity contribution in [2.75, 3.05) is 45.9 Å². The van der Waals surface area contributed by atoms with Gasteiger partial charge in [-0.05, 0) is 50.9 Å². The SMILES string of the molecule is CC(C)C1CC(CC(=O)N2CCN(C(C)C(=O)N3CCCCC3)CC2)CCO1. The van der Waals surface area contributed by atoms with Crippen LogP contribution < -0.4 is 0 Å². The van der Waals surface area contributed by atoms with Gasteiger partial charge in [0.15, 0.2) is 0 Å². The Hall–Kier alpha value is -1.14. The molecular weight excluding hydrogens is 354 g/mol. The molecule has 0 aromatic heterocycles. The molecule has 6 nitrogen and oxygen atoms in total. The minimum absolute atomic E-state index is 0.0716. The van der Waals surface area contributed by atoms with E-state index in [-0.39, 0.29) is 17.9 Å². The molecule has 3 heterocycles. The first kappa shape index (κ1) is 21.6. The molecule has 3 atom stereocenters. The largest absolute Gasteiger partial charge is 0.378 e. The summed E-state index contributed by atoms with van der Waals surface area (Å²) in [5.41, 5.74) is 0. The highest BCUT2D eigenvalue weighted by Crippen LogP contribution is 2.28. The minimum atomic E-state index is -0.0716. The van der Waals surface area contributed by atoms with E-state index in [1.807, 2.05) is 16.7 Å². The highest BCUT2D eigenvalue weighted by molar-refractivity contribution is 5.81. The fourth-order valence-electron chi connectivity index (χ4n) is 4.82. The molecule has 0 saturated carbocycles. The van der Waals surface area contributed by atoms with Crippen molar-refractivity contribution in [3.8, 4) is 0 Å². The van der Waals surface area contributed by atoms with Crippen LogP contribution in [0, 0.1) is 11.8 Å². The van der Waals surface area contributed by atoms with Gasteiger partial charge >= 0.3 is 0 Å². The maximum atomic E-state index is 12.8. The third-order valence-corrected chi connectivity index (χ3v) is 6.87. The molecule has 0 aromatic carbocycles. The molecule has 3 unspecified atom stereocenters. The molecule has 0 radical (unpaired) electrons. The summed E-state index contributed by atoms with van der Waals surface area (Å²) in [6.45, 7) is 12.1. The van der Waals surface area contributed by atoms with Crippen LogP contribution in [0.15, 0.2) is 0 Å². The first-order valence-electron chi connectivity index (χ1n) is 11.4. The van der Waals surface area contributed by atoms with Gasteiger partial charge in [0.1, 0.15) is 0 Å². The van der Waals surface area contributed by atoms with E-state index < -0.39 is 0 Å². The lowest BCUT2D eigenvalue weighted by molar-refractivity contribution is -0.140. The van der Waals surface area contributed by atoms with Crippen molar-refractivity contribution in [1.29, 1.82) is 0 Å². The highest BCUT2D eigenvalue weighted by Gasteiger charge is 2.32. The lowest BCUT2D eigenvalue weighted by Gasteiger charge is -2.40. The predicted molar refractivity (Wildman–Crippen MR) is 110 cm³/mol. The van der Waals surface area contributed by atoms with Gasteiger partial charge < -0.3 is 14.5 Å². The van der Waals surface area contributed by atoms with Crippen LogP contribution in [0.3, 0.4) is 0 Å². The average molecular weight is 394 g/mol. The molecular formula is C22H39N3O3. The summed E-state index contributed by atoms with van der Waals surface area (Å²) in [7, 11) is 0. The number of amides is 2. The van der Waals surface area contributed by atoms with E-state index in [0.717, 1.165) is 71.6 Å². The number of piperidine rings is 1. The van der Waals surface area contributed by atoms with Crippen LogP contribution >= 0.6 is 0 Å². The predicted octanol–water partition coefficient (Wildman–Crippen LogP) is 2.37. The normalized spacial score (nSPS) is 28.4. The first-order valence-corrected chi connectivity index (χ1v) is 11.4. The molecule has 160 valence electrons. The van der Waals surface area contributed by atoms with E-state index in [1.54, 1.807) is 0 Å². The van der Waals surface area contributed by atoms with Gasteiger partial charge in [0, 0.05) is 52.3 Å². The monoisotopic (exact) mass is 393 g/mol. The van der Waals surface area contributed by atoms with Crippen molar-refractivity contribution >= 4 is 11.8 Å². The zero-order valence-electron chi connectivity index (χ0n) is 18.1. The third kappa shape index (κ3) is 5.47. The van der Waals surface area contributed by atoms with Gasteiger partial charge in [0.2, 0.25) is 11.8 Å². The third-order valence-electron chi connectivity index (χ3n) is 6.87. The Morgan fingerprint density at radius 1 is 0.929 bits per heavy atom. The van der Waals surface area contributed by atoms with Gasteiger partial charge in [-0.25, -0.2) is 0 Å². The number of rotatable bonds is 5. The van der Waals surface area contributed by atoms with Crippen LogP contribution in [0.5, 0.6) is 0 Å². The summed E-state index contributed by atoms with van der Waals surface area (Å²) in [5.74, 6) is 1.51. The molecule has 0 aromatic rings. The van der Waals surface area contributed by atoms with Gasteiger partial charge in [-0.1, -0.05) is 13.8 Å². The number of ether oxygens (including phenoxy) is 1. The molecule has 6 heteroatoms. The summed E-state index contributed by atoms with van der Waals surface area (Å²) >= 11 is 0. The number of carbonyl (C=O) groups is 2. The summed E-state index contributed by atoms with van der Waals surface area (Å²) in [4.78, 5) is 31.8. The van der Waals surface area contributed by atoms with Crippen LogP contribution in [-0.2, 0) is 14.3 Å². The second-order valence-corrected chi connectivity index (χ2v) is 9.23. The molecule has 28 heavy (non-hydrogen) atoms. The summed E-state index contributed by atoms with van der Waals surface area (Å²) < 4.78 is 5.84. The lowest BCUT2D eigenvalue weighted by atomic mass is 9.87. The molecule has 2 amide bonds. The smallest absolute Gasteiger partial charge is 0.239 e. The van der Waals surface area contributed by atoms with E-state index in [1.165, 1.54) is 6.42 Å². The molecule has 3 rings (SSSR count). The van der Waals surface area contributed by atoms with E-state index in [2.05, 4.69) is 18.7 Å². The van der Waals surface area contributed by atoms with Gasteiger partial charge in [-0.3, -0.25) is 14.5 Å². The molecule has 0 aliphatic carbocycles. The van der Waals surface area contributed by atoms with Crippen molar-refractivity contribution in [3.05, 3.63) is 0 Å². The Kier molecular flexibility index (Phi) is 7.75. The molecule has 3 fully saturated rings. The average Bonchev–Trinajstić information content (AvgIpc) is 2.73. The lowest BCUT2D eigenvalue weighted by Crippen LogP contribution is -2.56. The van der Waals surface area contributed by atoms with Crippen molar-refractivity contribution in [3.63, 3.8) is 0 Å². The van der Waals surface area contributed by atoms with Gasteiger partial charge in [0.05, 0.1) is 12.1 Å². The topological polar surface area (TPSA) is 53.1 Å². The Bertz CT molecular complexity index is 525. The fourth-order valence-corrected chi connectivity index (χ4v) is 4.82. The second-order valence-electron chi connectivity index (χ2n) is 9.23. The quantitative estimate of drug-likeness (QED) is 0.720. The summed E-state index contributed by atoms with van der Waals surface area (Å²) in [6.07, 6.45) is 6.44. The minimum Gasteiger partial charge on any atom is -0.378 e. The molecule has 3 saturated heterocycles. The van der Waals surface area contributed by atoms with Gasteiger partial charge in [-0.15, -0.1) is 0 Å². The van der Waals surface area contributed by atoms with E-state index in [0.29, 0.717) is 24.4 Å². The van der Waals surface area contributed by atoms with E-state index in [9.17, 15) is 9.59 Å². The summed E-state index contributed by atoms with van der Waals surface area (Å²) in [5, 5.41) is 0. The fraction of sp³-hybridized carbons (Fsp3) is 0.909. The highest BCUT2D eigenvalue weighted by atomic mass is 16.5. The number of hydrogen-bond acceptors (Lipinski definition) is 4. The number of hydrogen-bond donors (Lipinski definition) is 0. The number of carbonyl (C=O) groups excluding carboxylic acids is 2. The zero-order valence-corrected chi connectivity index (χ0v) is 18.1. The van der Waals surface area contributed by atoms with E-state index >= 15 is 0 Å². The first-order chi connectivity index (χ1) is 13.5. The van der Waals surface area contributed by atoms with E-state index in [4.69, 9.17) is 4.74 Å². The molecule has 0 N–H and O–H groups in total. The van der Waals surface area contributed by atoms with Crippen LogP contribution in [0.4, 0.5) is 0 Å². The van der Waals surface area contributed by atoms with Crippen molar-refractivity contribution < 1.29 is 14.3 Å². The Labute approximate surface area is 170 Å². The molecule has 3 aliphatic heterocycles. The maximum absolute atomic E-state index is 12.8. The summed E-state index contributed by atoms with van der Waals surface area (Å²) in [6, 6.07) is -0.0716. The number of piperazine rings is 1. The molecule has 3 aliphatic rings. The van der Waals surface area contributed by atoms with Gasteiger partial charge in [-0.2, -0.15) is 0 Å². The second kappa shape index (κ2) is 10.1. The van der Waals surface area contributed by atoms with Crippen LogP contribution in [-0.4, -0.2) is 84.5 Å². The Morgan fingerprint density at radius 3 is 2.25 bits per heavy atom. The maximum Gasteiger partial charge on any atom is 0.239 e. The van der Waals surface area contributed by atoms with Crippen molar-refractivity contribution in [2.24, 2.45) is 11.8 Å². The zero-order chi connectivity index (χ0) is 20.1. The standard InChI is InChI=1S/C22H39N3O3/c1-17(2)20-15-19(7-14-28-20)16-21(26)24-12-10-23(11-13-24)18(3)22(27)25-8-5-4-6-9-25/h17-20H,4-16H2,1-3H3. The molecule has 0 spiro atoms. The molecule has 0 bridgehead atoms. The Balaban J connectivity index is 1.42. The van der Waals surface area contributed by atoms with Crippen molar-refractivity contribution in [2.45, 2.75) is 71.4 Å².